The number of amides is 2. The number of benzene rings is 2. The predicted molar refractivity (Wildman–Crippen MR) is 127 cm³/mol. The first-order chi connectivity index (χ1) is 15.7. The van der Waals surface area contributed by atoms with Crippen LogP contribution >= 0.6 is 11.8 Å². The Labute approximate surface area is 198 Å². The number of hydrogen-bond acceptors (Lipinski definition) is 6. The Kier molecular flexibility index (Phi) is 8.02. The van der Waals surface area contributed by atoms with Crippen LogP contribution in [0.25, 0.3) is 0 Å². The molecule has 0 spiro atoms. The second-order valence-corrected chi connectivity index (χ2v) is 9.94. The average Bonchev–Trinajstić information content (AvgIpc) is 3.13. The number of rotatable bonds is 7. The van der Waals surface area contributed by atoms with Gasteiger partial charge in [0.15, 0.2) is 5.78 Å². The second-order valence-electron chi connectivity index (χ2n) is 8.78. The lowest BCUT2D eigenvalue weighted by Crippen LogP contribution is -2.52. The SMILES string of the molecule is COc1ccc(C[C@H](NC(=O)OC(C)(C)C)C(=O)N2CCC(=O)[C@H]2Sc2ccccc2)cc1. The molecule has 1 saturated heterocycles. The van der Waals surface area contributed by atoms with Gasteiger partial charge in [-0.05, 0) is 50.6 Å². The van der Waals surface area contributed by atoms with Gasteiger partial charge in [-0.2, -0.15) is 0 Å². The fourth-order valence-electron chi connectivity index (χ4n) is 3.48. The van der Waals surface area contributed by atoms with Gasteiger partial charge < -0.3 is 19.7 Å². The zero-order valence-electron chi connectivity index (χ0n) is 19.4. The van der Waals surface area contributed by atoms with Crippen LogP contribution < -0.4 is 10.1 Å². The van der Waals surface area contributed by atoms with Gasteiger partial charge in [0.1, 0.15) is 22.8 Å². The van der Waals surface area contributed by atoms with Crippen LogP contribution in [0, 0.1) is 0 Å². The summed E-state index contributed by atoms with van der Waals surface area (Å²) < 4.78 is 10.6. The maximum atomic E-state index is 13.6. The smallest absolute Gasteiger partial charge is 0.408 e. The van der Waals surface area contributed by atoms with Crippen molar-refractivity contribution in [3.8, 4) is 5.75 Å². The zero-order chi connectivity index (χ0) is 24.0. The molecular weight excluding hydrogens is 440 g/mol. The summed E-state index contributed by atoms with van der Waals surface area (Å²) in [5.74, 6) is 0.389. The maximum absolute atomic E-state index is 13.6. The highest BCUT2D eigenvalue weighted by Crippen LogP contribution is 2.31. The first kappa shape index (κ1) is 24.6. The van der Waals surface area contributed by atoms with Crippen molar-refractivity contribution in [2.45, 2.75) is 55.5 Å². The van der Waals surface area contributed by atoms with Crippen LogP contribution in [0.1, 0.15) is 32.8 Å². The van der Waals surface area contributed by atoms with Crippen LogP contribution in [-0.2, 0) is 20.7 Å². The Balaban J connectivity index is 1.81. The van der Waals surface area contributed by atoms with Gasteiger partial charge >= 0.3 is 6.09 Å². The molecule has 3 rings (SSSR count). The van der Waals surface area contributed by atoms with E-state index in [1.807, 2.05) is 42.5 Å². The third-order valence-electron chi connectivity index (χ3n) is 5.02. The lowest BCUT2D eigenvalue weighted by atomic mass is 10.0. The Bertz CT molecular complexity index is 973. The van der Waals surface area contributed by atoms with Gasteiger partial charge in [0.05, 0.1) is 7.11 Å². The molecule has 0 aromatic heterocycles. The molecule has 0 aliphatic carbocycles. The van der Waals surface area contributed by atoms with Crippen molar-refractivity contribution in [3.63, 3.8) is 0 Å². The lowest BCUT2D eigenvalue weighted by Gasteiger charge is -2.29. The van der Waals surface area contributed by atoms with Crippen molar-refractivity contribution in [1.29, 1.82) is 0 Å². The van der Waals surface area contributed by atoms with Crippen molar-refractivity contribution in [2.24, 2.45) is 0 Å². The minimum atomic E-state index is -0.877. The number of ketones is 1. The van der Waals surface area contributed by atoms with Gasteiger partial charge in [-0.1, -0.05) is 42.1 Å². The summed E-state index contributed by atoms with van der Waals surface area (Å²) in [6.07, 6.45) is -0.125. The predicted octanol–water partition coefficient (Wildman–Crippen LogP) is 4.05. The number of nitrogens with zero attached hydrogens (tertiary/aromatic N) is 1. The van der Waals surface area contributed by atoms with E-state index >= 15 is 0 Å². The molecule has 0 unspecified atom stereocenters. The third-order valence-corrected chi connectivity index (χ3v) is 6.30. The molecule has 33 heavy (non-hydrogen) atoms. The number of alkyl carbamates (subject to hydrolysis) is 1. The molecule has 0 saturated carbocycles. The first-order valence-corrected chi connectivity index (χ1v) is 11.7. The van der Waals surface area contributed by atoms with E-state index in [0.29, 0.717) is 12.3 Å². The molecule has 1 aliphatic rings. The highest BCUT2D eigenvalue weighted by molar-refractivity contribution is 8.00. The van der Waals surface area contributed by atoms with Crippen LogP contribution in [0.15, 0.2) is 59.5 Å². The van der Waals surface area contributed by atoms with E-state index in [1.165, 1.54) is 11.8 Å². The summed E-state index contributed by atoms with van der Waals surface area (Å²) in [4.78, 5) is 41.2. The van der Waals surface area contributed by atoms with Gasteiger partial charge in [-0.15, -0.1) is 0 Å². The molecule has 2 aromatic carbocycles. The van der Waals surface area contributed by atoms with Crippen LogP contribution in [0.3, 0.4) is 0 Å². The van der Waals surface area contributed by atoms with Gasteiger partial charge in [0.2, 0.25) is 5.91 Å². The third kappa shape index (κ3) is 6.99. The van der Waals surface area contributed by atoms with Crippen LogP contribution in [0.5, 0.6) is 5.75 Å². The van der Waals surface area contributed by atoms with Gasteiger partial charge in [0.25, 0.3) is 0 Å². The molecule has 2 aromatic rings. The Morgan fingerprint density at radius 3 is 2.39 bits per heavy atom. The van der Waals surface area contributed by atoms with Crippen molar-refractivity contribution >= 4 is 29.5 Å². The largest absolute Gasteiger partial charge is 0.497 e. The number of thioether (sulfide) groups is 1. The Hall–Kier alpha value is -3.00. The Morgan fingerprint density at radius 1 is 1.12 bits per heavy atom. The van der Waals surface area contributed by atoms with Gasteiger partial charge in [0, 0.05) is 24.3 Å². The number of methoxy groups -OCH3 is 1. The van der Waals surface area contributed by atoms with E-state index in [-0.39, 0.29) is 24.5 Å². The minimum Gasteiger partial charge on any atom is -0.497 e. The van der Waals surface area contributed by atoms with Crippen LogP contribution in [-0.4, -0.2) is 53.4 Å². The number of carbonyl (C=O) groups excluding carboxylic acids is 3. The fourth-order valence-corrected chi connectivity index (χ4v) is 4.63. The second kappa shape index (κ2) is 10.7. The summed E-state index contributed by atoms with van der Waals surface area (Å²) in [6.45, 7) is 5.60. The van der Waals surface area contributed by atoms with E-state index < -0.39 is 23.1 Å². The number of Topliss-reactive ketones (excluding diaryl/α,β-unsaturated/α-hetero) is 1. The quantitative estimate of drug-likeness (QED) is 0.657. The number of nitrogens with one attached hydrogen (secondary N) is 1. The lowest BCUT2D eigenvalue weighted by molar-refractivity contribution is -0.134. The van der Waals surface area contributed by atoms with Crippen molar-refractivity contribution in [1.82, 2.24) is 10.2 Å². The molecule has 176 valence electrons. The number of carbonyl (C=O) groups is 3. The molecule has 2 atom stereocenters. The highest BCUT2D eigenvalue weighted by Gasteiger charge is 2.40. The molecule has 0 bridgehead atoms. The molecule has 7 nitrogen and oxygen atoms in total. The summed E-state index contributed by atoms with van der Waals surface area (Å²) in [5, 5.41) is 2.10. The average molecular weight is 471 g/mol. The fraction of sp³-hybridized carbons (Fsp3) is 0.400. The van der Waals surface area contributed by atoms with Crippen molar-refractivity contribution in [2.75, 3.05) is 13.7 Å². The monoisotopic (exact) mass is 470 g/mol. The topological polar surface area (TPSA) is 84.9 Å². The standard InChI is InChI=1S/C25H30N2O5S/c1-25(2,3)32-24(30)26-20(16-17-10-12-18(31-4)13-11-17)22(29)27-15-14-21(28)23(27)33-19-8-6-5-7-9-19/h5-13,20,23H,14-16H2,1-4H3,(H,26,30)/t20-,23+/m0/s1. The highest BCUT2D eigenvalue weighted by atomic mass is 32.2. The molecule has 0 radical (unpaired) electrons. The van der Waals surface area contributed by atoms with Crippen LogP contribution in [0.4, 0.5) is 4.79 Å². The van der Waals surface area contributed by atoms with Crippen molar-refractivity contribution < 1.29 is 23.9 Å². The molecule has 2 amide bonds. The van der Waals surface area contributed by atoms with E-state index in [9.17, 15) is 14.4 Å². The van der Waals surface area contributed by atoms with E-state index in [1.54, 1.807) is 44.9 Å². The Morgan fingerprint density at radius 2 is 1.79 bits per heavy atom. The van der Waals surface area contributed by atoms with Crippen molar-refractivity contribution in [3.05, 3.63) is 60.2 Å². The molecule has 1 fully saturated rings. The molecule has 1 N–H and O–H groups in total. The molecular formula is C25H30N2O5S. The molecule has 1 heterocycles. The van der Waals surface area contributed by atoms with E-state index in [2.05, 4.69) is 5.32 Å². The molecule has 8 heteroatoms. The summed E-state index contributed by atoms with van der Waals surface area (Å²) in [6, 6.07) is 15.9. The number of hydrogen-bond donors (Lipinski definition) is 1. The van der Waals surface area contributed by atoms with Gasteiger partial charge in [-0.25, -0.2) is 4.79 Å². The molecule has 1 aliphatic heterocycles. The van der Waals surface area contributed by atoms with Crippen LogP contribution in [0.2, 0.25) is 0 Å². The first-order valence-electron chi connectivity index (χ1n) is 10.8. The summed E-state index contributed by atoms with van der Waals surface area (Å²) >= 11 is 1.35. The summed E-state index contributed by atoms with van der Waals surface area (Å²) in [7, 11) is 1.58. The normalized spacial score (nSPS) is 16.9. The zero-order valence-corrected chi connectivity index (χ0v) is 20.2. The van der Waals surface area contributed by atoms with E-state index in [4.69, 9.17) is 9.47 Å². The van der Waals surface area contributed by atoms with E-state index in [0.717, 1.165) is 10.5 Å². The maximum Gasteiger partial charge on any atom is 0.408 e. The summed E-state index contributed by atoms with van der Waals surface area (Å²) in [5.41, 5.74) is 0.149. The number of ether oxygens (including phenoxy) is 2. The number of likely N-dealkylation sites (tertiary alicyclic amines) is 1. The minimum absolute atomic E-state index is 0.00216. The van der Waals surface area contributed by atoms with Gasteiger partial charge in [-0.3, -0.25) is 9.59 Å².